The lowest BCUT2D eigenvalue weighted by atomic mass is 10.1. The summed E-state index contributed by atoms with van der Waals surface area (Å²) in [4.78, 5) is 24.0. The highest BCUT2D eigenvalue weighted by molar-refractivity contribution is 5.91. The van der Waals surface area contributed by atoms with Crippen molar-refractivity contribution in [1.29, 1.82) is 0 Å². The molecule has 1 atom stereocenters. The molecule has 28 heavy (non-hydrogen) atoms. The van der Waals surface area contributed by atoms with E-state index in [2.05, 4.69) is 5.10 Å². The van der Waals surface area contributed by atoms with E-state index in [0.717, 1.165) is 23.6 Å². The number of hydrogen-bond acceptors (Lipinski definition) is 4. The molecule has 2 aromatic rings. The number of aryl methyl sites for hydroxylation is 1. The highest BCUT2D eigenvalue weighted by atomic mass is 19.3. The van der Waals surface area contributed by atoms with Gasteiger partial charge in [0.15, 0.2) is 6.10 Å². The van der Waals surface area contributed by atoms with Gasteiger partial charge in [0.05, 0.1) is 0 Å². The van der Waals surface area contributed by atoms with Gasteiger partial charge in [-0.1, -0.05) is 6.92 Å². The SMILES string of the molecule is CCc1nn(-c2cc(O[C@@H](CF)C(F)F)c(C(=O)O)cc2F)c(=O)n1C1CC1. The van der Waals surface area contributed by atoms with Gasteiger partial charge in [-0.3, -0.25) is 4.57 Å². The number of halogens is 4. The van der Waals surface area contributed by atoms with E-state index in [4.69, 9.17) is 4.74 Å². The summed E-state index contributed by atoms with van der Waals surface area (Å²) in [5.41, 5.74) is -1.88. The smallest absolute Gasteiger partial charge is 0.351 e. The van der Waals surface area contributed by atoms with Gasteiger partial charge in [0, 0.05) is 18.5 Å². The molecule has 0 unspecified atom stereocenters. The second-order valence-corrected chi connectivity index (χ2v) is 6.32. The molecule has 0 saturated heterocycles. The molecule has 1 N–H and O–H groups in total. The van der Waals surface area contributed by atoms with Crippen LogP contribution in [-0.2, 0) is 6.42 Å². The van der Waals surface area contributed by atoms with Crippen molar-refractivity contribution in [2.45, 2.75) is 44.8 Å². The minimum Gasteiger partial charge on any atom is -0.481 e. The molecule has 0 radical (unpaired) electrons. The monoisotopic (exact) mass is 403 g/mol. The van der Waals surface area contributed by atoms with E-state index in [1.807, 2.05) is 0 Å². The molecule has 1 heterocycles. The Morgan fingerprint density at radius 2 is 2.07 bits per heavy atom. The second kappa shape index (κ2) is 7.64. The molecule has 1 aromatic heterocycles. The summed E-state index contributed by atoms with van der Waals surface area (Å²) in [6.07, 6.45) is -3.52. The van der Waals surface area contributed by atoms with Gasteiger partial charge in [-0.15, -0.1) is 5.10 Å². The standard InChI is InChI=1S/C17H17F4N3O4/c1-2-14-22-24(17(27)23(14)8-3-4-8)11-6-12(28-13(7-18)15(20)21)9(16(25)26)5-10(11)19/h5-6,8,13,15H,2-4,7H2,1H3,(H,25,26)/t13-/m0/s1. The summed E-state index contributed by atoms with van der Waals surface area (Å²) in [5.74, 6) is -3.04. The Labute approximate surface area is 156 Å². The van der Waals surface area contributed by atoms with Crippen molar-refractivity contribution >= 4 is 5.97 Å². The third-order valence-electron chi connectivity index (χ3n) is 4.33. The van der Waals surface area contributed by atoms with E-state index in [0.29, 0.717) is 18.3 Å². The Morgan fingerprint density at radius 1 is 1.39 bits per heavy atom. The van der Waals surface area contributed by atoms with Crippen LogP contribution in [0.4, 0.5) is 17.6 Å². The first-order valence-electron chi connectivity index (χ1n) is 8.56. The van der Waals surface area contributed by atoms with Gasteiger partial charge in [0.2, 0.25) is 0 Å². The number of nitrogens with zero attached hydrogens (tertiary/aromatic N) is 3. The minimum atomic E-state index is -3.23. The largest absolute Gasteiger partial charge is 0.481 e. The second-order valence-electron chi connectivity index (χ2n) is 6.32. The van der Waals surface area contributed by atoms with Gasteiger partial charge in [-0.25, -0.2) is 27.2 Å². The molecule has 0 bridgehead atoms. The van der Waals surface area contributed by atoms with Crippen LogP contribution < -0.4 is 10.4 Å². The van der Waals surface area contributed by atoms with Crippen molar-refractivity contribution in [3.63, 3.8) is 0 Å². The zero-order valence-corrected chi connectivity index (χ0v) is 14.7. The van der Waals surface area contributed by atoms with Crippen LogP contribution in [0, 0.1) is 5.82 Å². The Balaban J connectivity index is 2.13. The van der Waals surface area contributed by atoms with Gasteiger partial charge < -0.3 is 9.84 Å². The zero-order valence-electron chi connectivity index (χ0n) is 14.7. The fourth-order valence-electron chi connectivity index (χ4n) is 2.80. The van der Waals surface area contributed by atoms with Crippen LogP contribution in [0.15, 0.2) is 16.9 Å². The summed E-state index contributed by atoms with van der Waals surface area (Å²) in [7, 11) is 0. The number of aromatic carboxylic acids is 1. The van der Waals surface area contributed by atoms with Crippen molar-refractivity contribution in [3.8, 4) is 11.4 Å². The van der Waals surface area contributed by atoms with Crippen molar-refractivity contribution in [2.75, 3.05) is 6.67 Å². The molecule has 1 fully saturated rings. The fraction of sp³-hybridized carbons (Fsp3) is 0.471. The number of alkyl halides is 3. The highest BCUT2D eigenvalue weighted by Crippen LogP contribution is 2.35. The van der Waals surface area contributed by atoms with Crippen molar-refractivity contribution in [3.05, 3.63) is 39.8 Å². The molecule has 1 aromatic carbocycles. The van der Waals surface area contributed by atoms with Crippen LogP contribution in [0.25, 0.3) is 5.69 Å². The van der Waals surface area contributed by atoms with Gasteiger partial charge >= 0.3 is 11.7 Å². The predicted octanol–water partition coefficient (Wildman–Crippen LogP) is 2.75. The van der Waals surface area contributed by atoms with E-state index in [1.165, 1.54) is 4.57 Å². The quantitative estimate of drug-likeness (QED) is 0.685. The van der Waals surface area contributed by atoms with E-state index in [9.17, 15) is 32.3 Å². The number of carboxylic acid groups (broad SMARTS) is 1. The lowest BCUT2D eigenvalue weighted by Gasteiger charge is -2.17. The first-order valence-corrected chi connectivity index (χ1v) is 8.56. The Bertz CT molecular complexity index is 953. The predicted molar refractivity (Wildman–Crippen MR) is 88.8 cm³/mol. The Morgan fingerprint density at radius 3 is 2.57 bits per heavy atom. The normalized spacial score (nSPS) is 15.1. The molecule has 0 aliphatic heterocycles. The molecular formula is C17H17F4N3O4. The molecule has 152 valence electrons. The first-order chi connectivity index (χ1) is 13.3. The van der Waals surface area contributed by atoms with Crippen molar-refractivity contribution in [2.24, 2.45) is 0 Å². The summed E-state index contributed by atoms with van der Waals surface area (Å²) in [6, 6.07) is 1.26. The van der Waals surface area contributed by atoms with Crippen LogP contribution in [0.1, 0.15) is 42.0 Å². The number of benzene rings is 1. The third kappa shape index (κ3) is 3.60. The molecule has 0 spiro atoms. The van der Waals surface area contributed by atoms with Gasteiger partial charge in [0.25, 0.3) is 6.43 Å². The number of hydrogen-bond donors (Lipinski definition) is 1. The number of carboxylic acids is 1. The number of ether oxygens (including phenoxy) is 1. The highest BCUT2D eigenvalue weighted by Gasteiger charge is 2.31. The topological polar surface area (TPSA) is 86.4 Å². The van der Waals surface area contributed by atoms with Crippen molar-refractivity contribution in [1.82, 2.24) is 14.3 Å². The van der Waals surface area contributed by atoms with E-state index >= 15 is 0 Å². The number of aromatic nitrogens is 3. The first kappa shape index (κ1) is 19.9. The average Bonchev–Trinajstić information content (AvgIpc) is 3.43. The average molecular weight is 403 g/mol. The molecule has 7 nitrogen and oxygen atoms in total. The molecule has 0 amide bonds. The van der Waals surface area contributed by atoms with Gasteiger partial charge in [0.1, 0.15) is 35.3 Å². The maximum atomic E-state index is 14.5. The van der Waals surface area contributed by atoms with Crippen LogP contribution in [-0.4, -0.2) is 44.6 Å². The summed E-state index contributed by atoms with van der Waals surface area (Å²) >= 11 is 0. The molecule has 1 aliphatic carbocycles. The number of carbonyl (C=O) groups is 1. The molecular weight excluding hydrogens is 386 g/mol. The van der Waals surface area contributed by atoms with E-state index < -0.39 is 53.7 Å². The molecule has 3 rings (SSSR count). The maximum absolute atomic E-state index is 14.5. The van der Waals surface area contributed by atoms with Crippen molar-refractivity contribution < 1.29 is 32.2 Å². The van der Waals surface area contributed by atoms with E-state index in [-0.39, 0.29) is 6.04 Å². The minimum absolute atomic E-state index is 0.0389. The van der Waals surface area contributed by atoms with Gasteiger partial charge in [-0.05, 0) is 18.9 Å². The summed E-state index contributed by atoms with van der Waals surface area (Å²) in [5, 5.41) is 13.3. The number of rotatable bonds is 8. The molecule has 1 aliphatic rings. The lowest BCUT2D eigenvalue weighted by Crippen LogP contribution is -2.29. The fourth-order valence-corrected chi connectivity index (χ4v) is 2.80. The van der Waals surface area contributed by atoms with E-state index in [1.54, 1.807) is 6.92 Å². The maximum Gasteiger partial charge on any atom is 0.351 e. The molecule has 1 saturated carbocycles. The Kier molecular flexibility index (Phi) is 5.43. The van der Waals surface area contributed by atoms with Crippen LogP contribution in [0.3, 0.4) is 0 Å². The molecule has 11 heteroatoms. The lowest BCUT2D eigenvalue weighted by molar-refractivity contribution is -0.00198. The Hall–Kier alpha value is -2.85. The zero-order chi connectivity index (χ0) is 20.6. The summed E-state index contributed by atoms with van der Waals surface area (Å²) < 4.78 is 59.9. The van der Waals surface area contributed by atoms with Crippen LogP contribution >= 0.6 is 0 Å². The van der Waals surface area contributed by atoms with Crippen LogP contribution in [0.5, 0.6) is 5.75 Å². The van der Waals surface area contributed by atoms with Crippen LogP contribution in [0.2, 0.25) is 0 Å². The third-order valence-corrected chi connectivity index (χ3v) is 4.33. The summed E-state index contributed by atoms with van der Waals surface area (Å²) in [6.45, 7) is 0.178. The van der Waals surface area contributed by atoms with Gasteiger partial charge in [-0.2, -0.15) is 4.68 Å².